The molecular weight excluding hydrogens is 278 g/mol. The third kappa shape index (κ3) is 1.22. The first-order valence-corrected chi connectivity index (χ1v) is 6.98. The summed E-state index contributed by atoms with van der Waals surface area (Å²) in [7, 11) is 0. The molecule has 2 heterocycles. The van der Waals surface area contributed by atoms with Gasteiger partial charge in [0, 0.05) is 29.3 Å². The van der Waals surface area contributed by atoms with Crippen LogP contribution in [0, 0.1) is 5.41 Å². The van der Waals surface area contributed by atoms with E-state index in [-0.39, 0.29) is 5.54 Å². The maximum Gasteiger partial charge on any atom is 0.126 e. The van der Waals surface area contributed by atoms with Gasteiger partial charge in [-0.2, -0.15) is 0 Å². The van der Waals surface area contributed by atoms with E-state index in [0.717, 1.165) is 30.5 Å². The average Bonchev–Trinajstić information content (AvgIpc) is 3.10. The van der Waals surface area contributed by atoms with Gasteiger partial charge >= 0.3 is 0 Å². The minimum Gasteiger partial charge on any atom is -0.381 e. The van der Waals surface area contributed by atoms with Crippen molar-refractivity contribution >= 4 is 22.1 Å². The van der Waals surface area contributed by atoms with Crippen molar-refractivity contribution in [2.75, 3.05) is 13.2 Å². The van der Waals surface area contributed by atoms with Crippen molar-refractivity contribution in [1.29, 1.82) is 0 Å². The highest BCUT2D eigenvalue weighted by molar-refractivity contribution is 9.10. The zero-order valence-electron chi connectivity index (χ0n) is 9.58. The lowest BCUT2D eigenvalue weighted by Gasteiger charge is -2.38. The Kier molecular flexibility index (Phi) is 1.94. The van der Waals surface area contributed by atoms with E-state index < -0.39 is 0 Å². The quantitative estimate of drug-likeness (QED) is 0.720. The standard InChI is InChI=1S/C14H14BrNO/c15-11-2-1-10-8-13(3-5-17-6-4-13)14(9-16-14)12(10)7-11/h1-2,7,9H,3-6,8H2. The van der Waals surface area contributed by atoms with Gasteiger partial charge in [0.05, 0.1) is 0 Å². The molecule has 0 radical (unpaired) electrons. The van der Waals surface area contributed by atoms with Crippen LogP contribution in [0.1, 0.15) is 24.0 Å². The fraction of sp³-hybridized carbons (Fsp3) is 0.500. The van der Waals surface area contributed by atoms with Gasteiger partial charge in [-0.3, -0.25) is 4.99 Å². The number of halogens is 1. The third-order valence-corrected chi connectivity index (χ3v) is 5.15. The summed E-state index contributed by atoms with van der Waals surface area (Å²) < 4.78 is 6.70. The number of benzene rings is 1. The van der Waals surface area contributed by atoms with Gasteiger partial charge < -0.3 is 4.74 Å². The number of rotatable bonds is 0. The molecule has 1 aliphatic carbocycles. The molecule has 0 saturated carbocycles. The molecule has 1 fully saturated rings. The van der Waals surface area contributed by atoms with Crippen molar-refractivity contribution in [2.45, 2.75) is 24.8 Å². The summed E-state index contributed by atoms with van der Waals surface area (Å²) in [6.45, 7) is 1.78. The number of ether oxygens (including phenoxy) is 1. The van der Waals surface area contributed by atoms with Gasteiger partial charge in [0.1, 0.15) is 5.54 Å². The SMILES string of the molecule is Brc1ccc2c(c1)C1(C=N1)C1(CCOCC1)C2. The van der Waals surface area contributed by atoms with Crippen molar-refractivity contribution in [3.05, 3.63) is 33.8 Å². The Hall–Kier alpha value is -0.670. The van der Waals surface area contributed by atoms with Crippen LogP contribution in [0.15, 0.2) is 27.7 Å². The number of aliphatic imine (C=N–C) groups is 1. The fourth-order valence-electron chi connectivity index (χ4n) is 3.64. The van der Waals surface area contributed by atoms with Crippen LogP contribution in [-0.4, -0.2) is 19.4 Å². The molecule has 2 spiro atoms. The molecule has 88 valence electrons. The van der Waals surface area contributed by atoms with Crippen LogP contribution in [0.4, 0.5) is 0 Å². The van der Waals surface area contributed by atoms with E-state index in [2.05, 4.69) is 40.3 Å². The summed E-state index contributed by atoms with van der Waals surface area (Å²) in [5.74, 6) is 0. The van der Waals surface area contributed by atoms with Gasteiger partial charge in [-0.25, -0.2) is 0 Å². The minimum absolute atomic E-state index is 0.0237. The van der Waals surface area contributed by atoms with Crippen molar-refractivity contribution < 1.29 is 4.74 Å². The van der Waals surface area contributed by atoms with E-state index in [0.29, 0.717) is 5.41 Å². The topological polar surface area (TPSA) is 21.6 Å². The number of hydrogen-bond donors (Lipinski definition) is 0. The van der Waals surface area contributed by atoms with Crippen LogP contribution in [0.25, 0.3) is 0 Å². The molecule has 1 aromatic carbocycles. The summed E-state index contributed by atoms with van der Waals surface area (Å²) in [4.78, 5) is 4.69. The molecule has 0 N–H and O–H groups in total. The molecule has 1 atom stereocenters. The van der Waals surface area contributed by atoms with Crippen molar-refractivity contribution in [3.63, 3.8) is 0 Å². The molecule has 0 bridgehead atoms. The molecule has 3 aliphatic rings. The first-order chi connectivity index (χ1) is 8.26. The summed E-state index contributed by atoms with van der Waals surface area (Å²) in [6.07, 6.45) is 5.61. The van der Waals surface area contributed by atoms with Crippen LogP contribution >= 0.6 is 15.9 Å². The Labute approximate surface area is 109 Å². The van der Waals surface area contributed by atoms with Crippen molar-refractivity contribution in [3.8, 4) is 0 Å². The Morgan fingerprint density at radius 3 is 2.71 bits per heavy atom. The van der Waals surface area contributed by atoms with Gasteiger partial charge in [0.15, 0.2) is 0 Å². The van der Waals surface area contributed by atoms with Crippen LogP contribution in [-0.2, 0) is 16.7 Å². The lowest BCUT2D eigenvalue weighted by Crippen LogP contribution is -2.39. The fourth-order valence-corrected chi connectivity index (χ4v) is 4.00. The minimum atomic E-state index is 0.0237. The van der Waals surface area contributed by atoms with Crippen LogP contribution < -0.4 is 0 Å². The molecule has 3 heteroatoms. The second-order valence-corrected chi connectivity index (χ2v) is 6.31. The highest BCUT2D eigenvalue weighted by Crippen LogP contribution is 2.61. The van der Waals surface area contributed by atoms with Crippen molar-refractivity contribution in [1.82, 2.24) is 0 Å². The van der Waals surface area contributed by atoms with E-state index in [1.165, 1.54) is 17.5 Å². The molecule has 1 aromatic rings. The largest absolute Gasteiger partial charge is 0.381 e. The van der Waals surface area contributed by atoms with Crippen LogP contribution in [0.5, 0.6) is 0 Å². The lowest BCUT2D eigenvalue weighted by atomic mass is 9.69. The van der Waals surface area contributed by atoms with Gasteiger partial charge in [-0.15, -0.1) is 0 Å². The highest BCUT2D eigenvalue weighted by Gasteiger charge is 2.62. The zero-order valence-corrected chi connectivity index (χ0v) is 11.2. The average molecular weight is 292 g/mol. The first-order valence-electron chi connectivity index (χ1n) is 6.19. The Morgan fingerprint density at radius 2 is 2.00 bits per heavy atom. The van der Waals surface area contributed by atoms with Gasteiger partial charge in [0.2, 0.25) is 0 Å². The Morgan fingerprint density at radius 1 is 1.24 bits per heavy atom. The molecule has 0 amide bonds. The second-order valence-electron chi connectivity index (χ2n) is 5.40. The normalized spacial score (nSPS) is 32.1. The van der Waals surface area contributed by atoms with Crippen molar-refractivity contribution in [2.24, 2.45) is 10.4 Å². The third-order valence-electron chi connectivity index (χ3n) is 4.66. The number of fused-ring (bicyclic) bond motifs is 3. The number of hydrogen-bond acceptors (Lipinski definition) is 2. The Bertz CT molecular complexity index is 511. The van der Waals surface area contributed by atoms with E-state index >= 15 is 0 Å². The highest BCUT2D eigenvalue weighted by atomic mass is 79.9. The predicted octanol–water partition coefficient (Wildman–Crippen LogP) is 3.08. The Balaban J connectivity index is 1.84. The molecule has 1 saturated heterocycles. The van der Waals surface area contributed by atoms with Crippen LogP contribution in [0.3, 0.4) is 0 Å². The van der Waals surface area contributed by atoms with Crippen LogP contribution in [0.2, 0.25) is 0 Å². The lowest BCUT2D eigenvalue weighted by molar-refractivity contribution is 0.00306. The summed E-state index contributed by atoms with van der Waals surface area (Å²) >= 11 is 3.58. The molecule has 17 heavy (non-hydrogen) atoms. The molecular formula is C14H14BrNO. The van der Waals surface area contributed by atoms with Gasteiger partial charge in [-0.05, 0) is 42.5 Å². The monoisotopic (exact) mass is 291 g/mol. The molecule has 0 aromatic heterocycles. The summed E-state index contributed by atoms with van der Waals surface area (Å²) in [5, 5.41) is 0. The van der Waals surface area contributed by atoms with E-state index in [9.17, 15) is 0 Å². The van der Waals surface area contributed by atoms with E-state index in [1.54, 1.807) is 0 Å². The van der Waals surface area contributed by atoms with E-state index in [4.69, 9.17) is 9.73 Å². The smallest absolute Gasteiger partial charge is 0.126 e. The summed E-state index contributed by atoms with van der Waals surface area (Å²) in [5.41, 5.74) is 3.24. The molecule has 2 nitrogen and oxygen atoms in total. The summed E-state index contributed by atoms with van der Waals surface area (Å²) in [6, 6.07) is 6.66. The predicted molar refractivity (Wildman–Crippen MR) is 70.5 cm³/mol. The molecule has 2 aliphatic heterocycles. The zero-order chi connectivity index (χ0) is 11.5. The van der Waals surface area contributed by atoms with Gasteiger partial charge in [0.25, 0.3) is 0 Å². The first kappa shape index (κ1) is 10.3. The van der Waals surface area contributed by atoms with E-state index in [1.807, 2.05) is 0 Å². The molecule has 4 rings (SSSR count). The number of nitrogens with zero attached hydrogens (tertiary/aromatic N) is 1. The second kappa shape index (κ2) is 3.21. The molecule has 1 unspecified atom stereocenters. The van der Waals surface area contributed by atoms with Gasteiger partial charge in [-0.1, -0.05) is 22.0 Å². The maximum absolute atomic E-state index is 5.54. The maximum atomic E-state index is 5.54.